The van der Waals surface area contributed by atoms with E-state index in [1.54, 1.807) is 0 Å². The molecule has 8 aromatic carbocycles. The first kappa shape index (κ1) is 29.3. The van der Waals surface area contributed by atoms with Crippen LogP contribution in [0.3, 0.4) is 0 Å². The summed E-state index contributed by atoms with van der Waals surface area (Å²) in [5.74, 6) is 0.0871. The zero-order valence-corrected chi connectivity index (χ0v) is 28.7. The van der Waals surface area contributed by atoms with Gasteiger partial charge in [-0.15, -0.1) is 0 Å². The highest BCUT2D eigenvalue weighted by Crippen LogP contribution is 2.55. The standard InChI is InChI=1S/C51H35N/c1-3-15-32(16-4-1)36-20-9-11-24-40(36)50-44-28-35-27-34-19-7-8-22-38(34)42(35)29-45(44)51(41-25-12-10-21-37(41)33-17-5-2-6-18-33)47-31-49-43(30-46(47)50)39-23-13-14-26-48(39)52-49/h1-26,28-31,50-52H,27H2. The molecule has 0 fully saturated rings. The molecule has 9 aromatic rings. The fourth-order valence-electron chi connectivity index (χ4n) is 9.42. The van der Waals surface area contributed by atoms with Gasteiger partial charge in [0.05, 0.1) is 0 Å². The Labute approximate surface area is 303 Å². The predicted molar refractivity (Wildman–Crippen MR) is 216 cm³/mol. The fourth-order valence-corrected chi connectivity index (χ4v) is 9.42. The summed E-state index contributed by atoms with van der Waals surface area (Å²) in [5.41, 5.74) is 21.3. The van der Waals surface area contributed by atoms with Crippen molar-refractivity contribution in [3.63, 3.8) is 0 Å². The van der Waals surface area contributed by atoms with E-state index in [1.807, 2.05) is 0 Å². The van der Waals surface area contributed by atoms with Gasteiger partial charge in [-0.2, -0.15) is 0 Å². The Bertz CT molecular complexity index is 2820. The number of hydrogen-bond acceptors (Lipinski definition) is 0. The molecule has 1 heteroatoms. The highest BCUT2D eigenvalue weighted by molar-refractivity contribution is 6.08. The van der Waals surface area contributed by atoms with Crippen molar-refractivity contribution in [1.29, 1.82) is 0 Å². The summed E-state index contributed by atoms with van der Waals surface area (Å²) < 4.78 is 0. The fraction of sp³-hybridized carbons (Fsp3) is 0.0588. The quantitative estimate of drug-likeness (QED) is 0.193. The zero-order valence-electron chi connectivity index (χ0n) is 28.7. The monoisotopic (exact) mass is 661 g/mol. The molecule has 52 heavy (non-hydrogen) atoms. The number of aromatic amines is 1. The molecule has 0 saturated carbocycles. The van der Waals surface area contributed by atoms with Crippen LogP contribution in [0.1, 0.15) is 56.3 Å². The van der Waals surface area contributed by atoms with Crippen molar-refractivity contribution in [2.75, 3.05) is 0 Å². The number of fused-ring (bicyclic) bond motifs is 8. The molecular formula is C51H35N. The van der Waals surface area contributed by atoms with Gasteiger partial charge in [-0.25, -0.2) is 0 Å². The van der Waals surface area contributed by atoms with Gasteiger partial charge in [-0.05, 0) is 109 Å². The average Bonchev–Trinajstić information content (AvgIpc) is 3.76. The predicted octanol–water partition coefficient (Wildman–Crippen LogP) is 12.9. The summed E-state index contributed by atoms with van der Waals surface area (Å²) in [5, 5.41) is 2.55. The maximum Gasteiger partial charge on any atom is 0.0468 e. The summed E-state index contributed by atoms with van der Waals surface area (Å²) in [6.45, 7) is 0. The van der Waals surface area contributed by atoms with E-state index < -0.39 is 0 Å². The maximum atomic E-state index is 3.82. The minimum atomic E-state index is 0.0374. The molecule has 0 spiro atoms. The number of benzene rings is 8. The Morgan fingerprint density at radius 2 is 0.846 bits per heavy atom. The zero-order chi connectivity index (χ0) is 34.2. The number of hydrogen-bond donors (Lipinski definition) is 1. The largest absolute Gasteiger partial charge is 0.355 e. The molecule has 1 aromatic heterocycles. The molecule has 2 aliphatic carbocycles. The highest BCUT2D eigenvalue weighted by atomic mass is 14.7. The summed E-state index contributed by atoms with van der Waals surface area (Å²) in [6, 6.07) is 68.0. The molecule has 0 amide bonds. The summed E-state index contributed by atoms with van der Waals surface area (Å²) in [6.07, 6.45) is 0.964. The molecule has 0 aliphatic heterocycles. The van der Waals surface area contributed by atoms with Gasteiger partial charge >= 0.3 is 0 Å². The van der Waals surface area contributed by atoms with Crippen LogP contribution >= 0.6 is 0 Å². The number of aromatic nitrogens is 1. The number of nitrogens with one attached hydrogen (secondary N) is 1. The first-order chi connectivity index (χ1) is 25.8. The van der Waals surface area contributed by atoms with Gasteiger partial charge in [0.25, 0.3) is 0 Å². The molecule has 1 nitrogen and oxygen atoms in total. The Morgan fingerprint density at radius 1 is 0.327 bits per heavy atom. The molecule has 2 aliphatic rings. The number of rotatable bonds is 4. The SMILES string of the molecule is c1ccc(-c2ccccc2C2c3cc4c(cc3C(c3ccccc3-c3ccccc3)c3cc5c(cc32)[nH]c2ccccc25)Cc2ccccc2-4)cc1. The summed E-state index contributed by atoms with van der Waals surface area (Å²) in [4.78, 5) is 3.82. The van der Waals surface area contributed by atoms with Crippen molar-refractivity contribution in [2.24, 2.45) is 0 Å². The van der Waals surface area contributed by atoms with Crippen LogP contribution in [-0.4, -0.2) is 4.98 Å². The molecule has 244 valence electrons. The van der Waals surface area contributed by atoms with Crippen molar-refractivity contribution in [3.8, 4) is 33.4 Å². The first-order valence-electron chi connectivity index (χ1n) is 18.4. The van der Waals surface area contributed by atoms with E-state index in [2.05, 4.69) is 187 Å². The highest BCUT2D eigenvalue weighted by Gasteiger charge is 2.38. The average molecular weight is 662 g/mol. The third-order valence-corrected chi connectivity index (χ3v) is 11.7. The smallest absolute Gasteiger partial charge is 0.0468 e. The van der Waals surface area contributed by atoms with Crippen LogP contribution in [0.5, 0.6) is 0 Å². The van der Waals surface area contributed by atoms with E-state index in [4.69, 9.17) is 0 Å². The van der Waals surface area contributed by atoms with Gasteiger partial charge in [0, 0.05) is 33.6 Å². The third kappa shape index (κ3) is 4.42. The summed E-state index contributed by atoms with van der Waals surface area (Å²) >= 11 is 0. The van der Waals surface area contributed by atoms with Crippen LogP contribution in [0, 0.1) is 0 Å². The van der Waals surface area contributed by atoms with Crippen LogP contribution in [0.15, 0.2) is 182 Å². The Hall–Kier alpha value is -6.44. The topological polar surface area (TPSA) is 15.8 Å². The van der Waals surface area contributed by atoms with E-state index >= 15 is 0 Å². The lowest BCUT2D eigenvalue weighted by Crippen LogP contribution is -2.21. The van der Waals surface area contributed by atoms with Gasteiger partial charge in [-0.1, -0.05) is 158 Å². The van der Waals surface area contributed by atoms with E-state index in [-0.39, 0.29) is 11.8 Å². The molecule has 0 bridgehead atoms. The van der Waals surface area contributed by atoms with E-state index in [0.717, 1.165) is 6.42 Å². The number of para-hydroxylation sites is 1. The second kappa shape index (κ2) is 11.5. The van der Waals surface area contributed by atoms with Gasteiger partial charge < -0.3 is 4.98 Å². The third-order valence-electron chi connectivity index (χ3n) is 11.7. The lowest BCUT2D eigenvalue weighted by molar-refractivity contribution is 0.825. The molecule has 2 unspecified atom stereocenters. The minimum Gasteiger partial charge on any atom is -0.355 e. The van der Waals surface area contributed by atoms with Crippen molar-refractivity contribution in [1.82, 2.24) is 4.98 Å². The molecule has 2 atom stereocenters. The lowest BCUT2D eigenvalue weighted by atomic mass is 9.65. The normalized spacial score (nSPS) is 15.6. The maximum absolute atomic E-state index is 3.82. The molecular weight excluding hydrogens is 627 g/mol. The van der Waals surface area contributed by atoms with E-state index in [9.17, 15) is 0 Å². The minimum absolute atomic E-state index is 0.0374. The van der Waals surface area contributed by atoms with Crippen molar-refractivity contribution >= 4 is 21.8 Å². The lowest BCUT2D eigenvalue weighted by Gasteiger charge is -2.37. The van der Waals surface area contributed by atoms with Gasteiger partial charge in [0.2, 0.25) is 0 Å². The molecule has 1 N–H and O–H groups in total. The Morgan fingerprint density at radius 3 is 1.54 bits per heavy atom. The molecule has 1 heterocycles. The second-order valence-electron chi connectivity index (χ2n) is 14.4. The van der Waals surface area contributed by atoms with E-state index in [1.165, 1.54) is 99.7 Å². The second-order valence-corrected chi connectivity index (χ2v) is 14.4. The van der Waals surface area contributed by atoms with Crippen molar-refractivity contribution in [3.05, 3.63) is 226 Å². The van der Waals surface area contributed by atoms with Crippen molar-refractivity contribution < 1.29 is 0 Å². The first-order valence-corrected chi connectivity index (χ1v) is 18.4. The molecule has 0 saturated heterocycles. The van der Waals surface area contributed by atoms with Gasteiger partial charge in [-0.3, -0.25) is 0 Å². The van der Waals surface area contributed by atoms with Crippen LogP contribution in [-0.2, 0) is 6.42 Å². The van der Waals surface area contributed by atoms with Crippen LogP contribution < -0.4 is 0 Å². The Kier molecular flexibility index (Phi) is 6.51. The summed E-state index contributed by atoms with van der Waals surface area (Å²) in [7, 11) is 0. The van der Waals surface area contributed by atoms with Crippen LogP contribution in [0.4, 0.5) is 0 Å². The molecule has 0 radical (unpaired) electrons. The van der Waals surface area contributed by atoms with Crippen molar-refractivity contribution in [2.45, 2.75) is 18.3 Å². The number of H-pyrrole nitrogens is 1. The van der Waals surface area contributed by atoms with Crippen LogP contribution in [0.25, 0.3) is 55.2 Å². The van der Waals surface area contributed by atoms with E-state index in [0.29, 0.717) is 0 Å². The van der Waals surface area contributed by atoms with Crippen LogP contribution in [0.2, 0.25) is 0 Å². The Balaban J connectivity index is 1.27. The van der Waals surface area contributed by atoms with Gasteiger partial charge in [0.1, 0.15) is 0 Å². The molecule has 11 rings (SSSR count). The van der Waals surface area contributed by atoms with Gasteiger partial charge in [0.15, 0.2) is 0 Å².